The minimum atomic E-state index is -4.44. The van der Waals surface area contributed by atoms with Crippen molar-refractivity contribution in [3.8, 4) is 0 Å². The molecular formula is C26H26F3N3O3S. The Morgan fingerprint density at radius 1 is 0.861 bits per heavy atom. The van der Waals surface area contributed by atoms with E-state index in [-0.39, 0.29) is 30.3 Å². The summed E-state index contributed by atoms with van der Waals surface area (Å²) in [5.41, 5.74) is 0.508. The molecule has 0 aliphatic carbocycles. The molecule has 190 valence electrons. The topological polar surface area (TPSA) is 69.7 Å². The summed E-state index contributed by atoms with van der Waals surface area (Å²) < 4.78 is 67.8. The molecular weight excluding hydrogens is 491 g/mol. The van der Waals surface area contributed by atoms with Gasteiger partial charge in [-0.2, -0.15) is 17.9 Å². The lowest BCUT2D eigenvalue weighted by Gasteiger charge is -2.37. The summed E-state index contributed by atoms with van der Waals surface area (Å²) in [4.78, 5) is 16.9. The largest absolute Gasteiger partial charge is 0.416 e. The number of piperazine rings is 1. The van der Waals surface area contributed by atoms with Gasteiger partial charge >= 0.3 is 6.18 Å². The van der Waals surface area contributed by atoms with Crippen molar-refractivity contribution < 1.29 is 26.4 Å². The maximum Gasteiger partial charge on any atom is 0.416 e. The molecule has 3 aromatic carbocycles. The number of sulfonamides is 1. The van der Waals surface area contributed by atoms with Crippen molar-refractivity contribution in [3.63, 3.8) is 0 Å². The summed E-state index contributed by atoms with van der Waals surface area (Å²) in [6, 6.07) is 21.0. The van der Waals surface area contributed by atoms with E-state index in [4.69, 9.17) is 0 Å². The van der Waals surface area contributed by atoms with E-state index in [2.05, 4.69) is 4.72 Å². The standard InChI is InChI=1S/C26H26F3N3O3S/c27-26(28,29)21-10-7-11-22(19-21)31-14-16-32(17-15-31)25(33)24(18-20-8-3-1-4-9-20)30-36(34,35)23-12-5-2-6-13-23/h1-13,19,24,30H,14-18H2. The Balaban J connectivity index is 1.49. The number of carbonyl (C=O) groups is 1. The zero-order valence-corrected chi connectivity index (χ0v) is 20.2. The van der Waals surface area contributed by atoms with E-state index in [9.17, 15) is 26.4 Å². The molecule has 0 spiro atoms. The van der Waals surface area contributed by atoms with Crippen LogP contribution in [-0.4, -0.2) is 51.4 Å². The minimum Gasteiger partial charge on any atom is -0.368 e. The van der Waals surface area contributed by atoms with Crippen LogP contribution in [0, 0.1) is 0 Å². The Morgan fingerprint density at radius 3 is 2.08 bits per heavy atom. The van der Waals surface area contributed by atoms with E-state index < -0.39 is 27.8 Å². The van der Waals surface area contributed by atoms with Gasteiger partial charge in [0, 0.05) is 31.9 Å². The normalized spacial score (nSPS) is 15.5. The van der Waals surface area contributed by atoms with Gasteiger partial charge in [-0.05, 0) is 42.3 Å². The summed E-state index contributed by atoms with van der Waals surface area (Å²) in [5, 5.41) is 0. The van der Waals surface area contributed by atoms with Crippen LogP contribution in [0.5, 0.6) is 0 Å². The van der Waals surface area contributed by atoms with Gasteiger partial charge < -0.3 is 9.80 Å². The van der Waals surface area contributed by atoms with Gasteiger partial charge in [0.1, 0.15) is 6.04 Å². The van der Waals surface area contributed by atoms with Crippen LogP contribution in [0.3, 0.4) is 0 Å². The first-order valence-corrected chi connectivity index (χ1v) is 12.9. The van der Waals surface area contributed by atoms with Crippen molar-refractivity contribution in [2.45, 2.75) is 23.5 Å². The van der Waals surface area contributed by atoms with Gasteiger partial charge in [0.15, 0.2) is 0 Å². The van der Waals surface area contributed by atoms with E-state index in [0.29, 0.717) is 18.8 Å². The molecule has 0 radical (unpaired) electrons. The number of hydrogen-bond acceptors (Lipinski definition) is 4. The molecule has 10 heteroatoms. The molecule has 1 saturated heterocycles. The molecule has 0 bridgehead atoms. The summed E-state index contributed by atoms with van der Waals surface area (Å²) >= 11 is 0. The Hall–Kier alpha value is -3.37. The smallest absolute Gasteiger partial charge is 0.368 e. The van der Waals surface area contributed by atoms with Gasteiger partial charge in [0.2, 0.25) is 15.9 Å². The van der Waals surface area contributed by atoms with Crippen molar-refractivity contribution in [2.75, 3.05) is 31.1 Å². The number of halogens is 3. The average Bonchev–Trinajstić information content (AvgIpc) is 2.88. The lowest BCUT2D eigenvalue weighted by atomic mass is 10.1. The minimum absolute atomic E-state index is 0.0604. The zero-order chi connectivity index (χ0) is 25.8. The van der Waals surface area contributed by atoms with E-state index in [1.807, 2.05) is 30.3 Å². The molecule has 1 aliphatic rings. The molecule has 4 rings (SSSR count). The molecule has 36 heavy (non-hydrogen) atoms. The molecule has 6 nitrogen and oxygen atoms in total. The number of alkyl halides is 3. The zero-order valence-electron chi connectivity index (χ0n) is 19.4. The second-order valence-corrected chi connectivity index (χ2v) is 10.3. The summed E-state index contributed by atoms with van der Waals surface area (Å²) in [7, 11) is -3.95. The highest BCUT2D eigenvalue weighted by Crippen LogP contribution is 2.32. The predicted octanol–water partition coefficient (Wildman–Crippen LogP) is 3.94. The van der Waals surface area contributed by atoms with Crippen molar-refractivity contribution in [2.24, 2.45) is 0 Å². The Labute approximate surface area is 208 Å². The van der Waals surface area contributed by atoms with Gasteiger partial charge in [-0.25, -0.2) is 8.42 Å². The fourth-order valence-corrected chi connectivity index (χ4v) is 5.38. The van der Waals surface area contributed by atoms with Crippen LogP contribution in [0.2, 0.25) is 0 Å². The summed E-state index contributed by atoms with van der Waals surface area (Å²) in [6.07, 6.45) is -4.27. The van der Waals surface area contributed by atoms with E-state index in [0.717, 1.165) is 17.7 Å². The van der Waals surface area contributed by atoms with Gasteiger partial charge in [-0.15, -0.1) is 0 Å². The number of benzene rings is 3. The lowest BCUT2D eigenvalue weighted by Crippen LogP contribution is -2.55. The monoisotopic (exact) mass is 517 g/mol. The Bertz CT molecular complexity index is 1280. The number of rotatable bonds is 7. The highest BCUT2D eigenvalue weighted by atomic mass is 32.2. The Kier molecular flexibility index (Phi) is 7.65. The van der Waals surface area contributed by atoms with Gasteiger partial charge in [-0.1, -0.05) is 54.6 Å². The second kappa shape index (κ2) is 10.7. The van der Waals surface area contributed by atoms with E-state index in [1.54, 1.807) is 34.1 Å². The quantitative estimate of drug-likeness (QED) is 0.516. The average molecular weight is 518 g/mol. The highest BCUT2D eigenvalue weighted by Gasteiger charge is 2.33. The lowest BCUT2D eigenvalue weighted by molar-refractivity contribution is -0.137. The number of carbonyl (C=O) groups excluding carboxylic acids is 1. The third-order valence-corrected chi connectivity index (χ3v) is 7.55. The predicted molar refractivity (Wildman–Crippen MR) is 131 cm³/mol. The molecule has 1 N–H and O–H groups in total. The van der Waals surface area contributed by atoms with Crippen molar-refractivity contribution in [1.29, 1.82) is 0 Å². The van der Waals surface area contributed by atoms with Crippen LogP contribution < -0.4 is 9.62 Å². The molecule has 1 unspecified atom stereocenters. The SMILES string of the molecule is O=C(C(Cc1ccccc1)NS(=O)(=O)c1ccccc1)N1CCN(c2cccc(C(F)(F)F)c2)CC1. The summed E-state index contributed by atoms with van der Waals surface area (Å²) in [5.74, 6) is -0.373. The molecule has 1 atom stereocenters. The molecule has 1 heterocycles. The van der Waals surface area contributed by atoms with E-state index >= 15 is 0 Å². The first kappa shape index (κ1) is 25.7. The van der Waals surface area contributed by atoms with Crippen LogP contribution in [0.15, 0.2) is 89.8 Å². The maximum absolute atomic E-state index is 13.5. The molecule has 1 amide bonds. The van der Waals surface area contributed by atoms with Crippen LogP contribution >= 0.6 is 0 Å². The number of nitrogens with zero attached hydrogens (tertiary/aromatic N) is 2. The fraction of sp³-hybridized carbons (Fsp3) is 0.269. The molecule has 0 saturated carbocycles. The molecule has 1 fully saturated rings. The van der Waals surface area contributed by atoms with Gasteiger partial charge in [0.05, 0.1) is 10.5 Å². The van der Waals surface area contributed by atoms with E-state index in [1.165, 1.54) is 18.2 Å². The maximum atomic E-state index is 13.5. The first-order valence-electron chi connectivity index (χ1n) is 11.5. The molecule has 1 aliphatic heterocycles. The van der Waals surface area contributed by atoms with Crippen LogP contribution in [0.4, 0.5) is 18.9 Å². The Morgan fingerprint density at radius 2 is 1.47 bits per heavy atom. The van der Waals surface area contributed by atoms with Gasteiger partial charge in [-0.3, -0.25) is 4.79 Å². The van der Waals surface area contributed by atoms with Crippen molar-refractivity contribution in [3.05, 3.63) is 96.1 Å². The van der Waals surface area contributed by atoms with Crippen LogP contribution in [-0.2, 0) is 27.4 Å². The van der Waals surface area contributed by atoms with Crippen molar-refractivity contribution in [1.82, 2.24) is 9.62 Å². The number of nitrogens with one attached hydrogen (secondary N) is 1. The number of amides is 1. The van der Waals surface area contributed by atoms with Crippen molar-refractivity contribution >= 4 is 21.6 Å². The molecule has 0 aromatic heterocycles. The highest BCUT2D eigenvalue weighted by molar-refractivity contribution is 7.89. The van der Waals surface area contributed by atoms with Crippen LogP contribution in [0.25, 0.3) is 0 Å². The second-order valence-electron chi connectivity index (χ2n) is 8.54. The number of anilines is 1. The first-order chi connectivity index (χ1) is 17.1. The summed E-state index contributed by atoms with van der Waals surface area (Å²) in [6.45, 7) is 1.17. The third kappa shape index (κ3) is 6.24. The third-order valence-electron chi connectivity index (χ3n) is 6.06. The number of hydrogen-bond donors (Lipinski definition) is 1. The molecule has 3 aromatic rings. The van der Waals surface area contributed by atoms with Gasteiger partial charge in [0.25, 0.3) is 0 Å². The van der Waals surface area contributed by atoms with Crippen LogP contribution in [0.1, 0.15) is 11.1 Å². The fourth-order valence-electron chi connectivity index (χ4n) is 4.17.